The molecule has 0 fully saturated rings. The van der Waals surface area contributed by atoms with Gasteiger partial charge >= 0.3 is 0 Å². The van der Waals surface area contributed by atoms with Gasteiger partial charge in [0.2, 0.25) is 0 Å². The molecule has 0 saturated carbocycles. The van der Waals surface area contributed by atoms with E-state index in [1.807, 2.05) is 0 Å². The van der Waals surface area contributed by atoms with Crippen molar-refractivity contribution >= 4 is 31.9 Å². The maximum Gasteiger partial charge on any atom is 0.0700 e. The first kappa shape index (κ1) is 16.2. The van der Waals surface area contributed by atoms with Crippen molar-refractivity contribution in [2.24, 2.45) is 0 Å². The van der Waals surface area contributed by atoms with Crippen LogP contribution in [-0.4, -0.2) is 32.3 Å². The molecule has 0 aromatic heterocycles. The van der Waals surface area contributed by atoms with E-state index in [-0.39, 0.29) is 0 Å². The van der Waals surface area contributed by atoms with Gasteiger partial charge in [0.15, 0.2) is 0 Å². The second-order valence-corrected chi connectivity index (χ2v) is 5.72. The molecule has 102 valence electrons. The van der Waals surface area contributed by atoms with Crippen molar-refractivity contribution in [2.75, 3.05) is 32.3 Å². The number of hydrogen-bond donors (Lipinski definition) is 0. The topological polar surface area (TPSA) is 18.5 Å². The number of benzene rings is 1. The Morgan fingerprint density at radius 2 is 2.06 bits per heavy atom. The Kier molecular flexibility index (Phi) is 8.94. The van der Waals surface area contributed by atoms with Crippen molar-refractivity contribution in [3.63, 3.8) is 0 Å². The standard InChI is InChI=1S/C14H20Br2O2/c1-17-8-9-18-7-3-5-13(11-15)12-4-2-6-14(16)10-12/h2,4,6,10,13H,3,5,7-9,11H2,1H3. The maximum atomic E-state index is 5.48. The minimum absolute atomic E-state index is 0.550. The van der Waals surface area contributed by atoms with E-state index in [0.29, 0.717) is 19.1 Å². The van der Waals surface area contributed by atoms with Gasteiger partial charge in [-0.1, -0.05) is 44.0 Å². The fraction of sp³-hybridized carbons (Fsp3) is 0.571. The van der Waals surface area contributed by atoms with Crippen LogP contribution in [0, 0.1) is 0 Å². The molecule has 4 heteroatoms. The number of methoxy groups -OCH3 is 1. The molecule has 0 N–H and O–H groups in total. The van der Waals surface area contributed by atoms with Gasteiger partial charge in [0.25, 0.3) is 0 Å². The molecule has 1 atom stereocenters. The number of ether oxygens (including phenoxy) is 2. The SMILES string of the molecule is COCCOCCCC(CBr)c1cccc(Br)c1. The molecule has 1 unspecified atom stereocenters. The second kappa shape index (κ2) is 9.96. The predicted octanol–water partition coefficient (Wildman–Crippen LogP) is 4.37. The molecule has 1 aromatic rings. The summed E-state index contributed by atoms with van der Waals surface area (Å²) in [6.45, 7) is 2.17. The lowest BCUT2D eigenvalue weighted by Gasteiger charge is -2.14. The fourth-order valence-electron chi connectivity index (χ4n) is 1.77. The Balaban J connectivity index is 2.29. The lowest BCUT2D eigenvalue weighted by molar-refractivity contribution is 0.0683. The number of alkyl halides is 1. The van der Waals surface area contributed by atoms with Crippen molar-refractivity contribution in [3.8, 4) is 0 Å². The van der Waals surface area contributed by atoms with Crippen molar-refractivity contribution in [1.29, 1.82) is 0 Å². The van der Waals surface area contributed by atoms with Gasteiger partial charge < -0.3 is 9.47 Å². The van der Waals surface area contributed by atoms with Gasteiger partial charge in [-0.15, -0.1) is 0 Å². The van der Waals surface area contributed by atoms with Crippen LogP contribution in [-0.2, 0) is 9.47 Å². The van der Waals surface area contributed by atoms with Gasteiger partial charge in [-0.05, 0) is 36.5 Å². The number of rotatable bonds is 9. The third-order valence-corrected chi connectivity index (χ3v) is 4.05. The molecule has 1 rings (SSSR count). The van der Waals surface area contributed by atoms with Crippen molar-refractivity contribution < 1.29 is 9.47 Å². The van der Waals surface area contributed by atoms with Crippen LogP contribution in [0.15, 0.2) is 28.7 Å². The second-order valence-electron chi connectivity index (χ2n) is 4.15. The van der Waals surface area contributed by atoms with Gasteiger partial charge in [-0.3, -0.25) is 0 Å². The predicted molar refractivity (Wildman–Crippen MR) is 82.6 cm³/mol. The Hall–Kier alpha value is 0.1000. The first-order valence-corrected chi connectivity index (χ1v) is 8.07. The molecular formula is C14H20Br2O2. The Morgan fingerprint density at radius 3 is 2.72 bits per heavy atom. The lowest BCUT2D eigenvalue weighted by atomic mass is 9.96. The zero-order valence-corrected chi connectivity index (χ0v) is 13.9. The Labute approximate surface area is 126 Å². The van der Waals surface area contributed by atoms with Crippen LogP contribution in [0.5, 0.6) is 0 Å². The minimum atomic E-state index is 0.550. The molecule has 0 bridgehead atoms. The van der Waals surface area contributed by atoms with Gasteiger partial charge in [-0.25, -0.2) is 0 Å². The van der Waals surface area contributed by atoms with Crippen LogP contribution < -0.4 is 0 Å². The molecule has 0 spiro atoms. The summed E-state index contributed by atoms with van der Waals surface area (Å²) in [5, 5.41) is 0.988. The zero-order chi connectivity index (χ0) is 13.2. The fourth-order valence-corrected chi connectivity index (χ4v) is 2.88. The largest absolute Gasteiger partial charge is 0.382 e. The summed E-state index contributed by atoms with van der Waals surface area (Å²) in [6, 6.07) is 8.52. The quantitative estimate of drug-likeness (QED) is 0.468. The molecule has 0 aliphatic heterocycles. The first-order chi connectivity index (χ1) is 8.77. The van der Waals surface area contributed by atoms with Crippen LogP contribution in [0.4, 0.5) is 0 Å². The number of halogens is 2. The molecule has 0 aliphatic rings. The Morgan fingerprint density at radius 1 is 1.22 bits per heavy atom. The molecule has 0 heterocycles. The van der Waals surface area contributed by atoms with E-state index in [1.54, 1.807) is 7.11 Å². The zero-order valence-electron chi connectivity index (χ0n) is 10.7. The van der Waals surface area contributed by atoms with Crippen molar-refractivity contribution in [3.05, 3.63) is 34.3 Å². The van der Waals surface area contributed by atoms with Crippen LogP contribution in [0.2, 0.25) is 0 Å². The normalized spacial score (nSPS) is 12.6. The van der Waals surface area contributed by atoms with Crippen LogP contribution >= 0.6 is 31.9 Å². The lowest BCUT2D eigenvalue weighted by Crippen LogP contribution is -2.06. The molecule has 0 aliphatic carbocycles. The van der Waals surface area contributed by atoms with Crippen molar-refractivity contribution in [2.45, 2.75) is 18.8 Å². The summed E-state index contributed by atoms with van der Waals surface area (Å²) in [6.07, 6.45) is 2.21. The van der Waals surface area contributed by atoms with Gasteiger partial charge in [-0.2, -0.15) is 0 Å². The summed E-state index contributed by atoms with van der Waals surface area (Å²) < 4.78 is 11.6. The van der Waals surface area contributed by atoms with E-state index in [4.69, 9.17) is 9.47 Å². The molecular weight excluding hydrogens is 360 g/mol. The van der Waals surface area contributed by atoms with Gasteiger partial charge in [0.1, 0.15) is 0 Å². The van der Waals surface area contributed by atoms with Gasteiger partial charge in [0, 0.05) is 23.5 Å². The maximum absolute atomic E-state index is 5.48. The molecule has 1 aromatic carbocycles. The minimum Gasteiger partial charge on any atom is -0.382 e. The van der Waals surface area contributed by atoms with Crippen LogP contribution in [0.3, 0.4) is 0 Å². The van der Waals surface area contributed by atoms with Crippen LogP contribution in [0.1, 0.15) is 24.3 Å². The van der Waals surface area contributed by atoms with E-state index in [0.717, 1.165) is 29.3 Å². The monoisotopic (exact) mass is 378 g/mol. The average Bonchev–Trinajstić information content (AvgIpc) is 2.38. The molecule has 0 amide bonds. The van der Waals surface area contributed by atoms with E-state index < -0.39 is 0 Å². The van der Waals surface area contributed by atoms with Gasteiger partial charge in [0.05, 0.1) is 13.2 Å². The average molecular weight is 380 g/mol. The summed E-state index contributed by atoms with van der Waals surface area (Å²) in [5.41, 5.74) is 1.37. The van der Waals surface area contributed by atoms with Crippen LogP contribution in [0.25, 0.3) is 0 Å². The smallest absolute Gasteiger partial charge is 0.0700 e. The number of hydrogen-bond acceptors (Lipinski definition) is 2. The highest BCUT2D eigenvalue weighted by atomic mass is 79.9. The molecule has 18 heavy (non-hydrogen) atoms. The molecule has 0 saturated heterocycles. The summed E-state index contributed by atoms with van der Waals surface area (Å²) in [7, 11) is 1.69. The van der Waals surface area contributed by atoms with E-state index in [9.17, 15) is 0 Å². The first-order valence-electron chi connectivity index (χ1n) is 6.16. The summed E-state index contributed by atoms with van der Waals surface area (Å²) in [4.78, 5) is 0. The van der Waals surface area contributed by atoms with Crippen molar-refractivity contribution in [1.82, 2.24) is 0 Å². The highest BCUT2D eigenvalue weighted by Crippen LogP contribution is 2.25. The third-order valence-electron chi connectivity index (χ3n) is 2.78. The summed E-state index contributed by atoms with van der Waals surface area (Å²) in [5.74, 6) is 0.550. The Bertz CT molecular complexity index is 331. The molecule has 0 radical (unpaired) electrons. The third kappa shape index (κ3) is 6.32. The van der Waals surface area contributed by atoms with E-state index >= 15 is 0 Å². The highest BCUT2D eigenvalue weighted by Gasteiger charge is 2.10. The summed E-state index contributed by atoms with van der Waals surface area (Å²) >= 11 is 7.11. The highest BCUT2D eigenvalue weighted by molar-refractivity contribution is 9.10. The van der Waals surface area contributed by atoms with E-state index in [2.05, 4.69) is 56.1 Å². The van der Waals surface area contributed by atoms with E-state index in [1.165, 1.54) is 5.56 Å². The molecule has 2 nitrogen and oxygen atoms in total.